The predicted octanol–water partition coefficient (Wildman–Crippen LogP) is 3.77. The lowest BCUT2D eigenvalue weighted by atomic mass is 9.79. The molecule has 0 aliphatic rings. The van der Waals surface area contributed by atoms with Crippen LogP contribution in [0, 0.1) is 5.41 Å². The summed E-state index contributed by atoms with van der Waals surface area (Å²) in [6.45, 7) is 6.67. The van der Waals surface area contributed by atoms with Gasteiger partial charge in [-0.05, 0) is 37.1 Å². The number of benzene rings is 2. The molecule has 0 bridgehead atoms. The molecule has 0 N–H and O–H groups in total. The Morgan fingerprint density at radius 1 is 0.806 bits per heavy atom. The Bertz CT molecular complexity index is 1500. The number of carbonyl (C=O) groups is 2. The van der Waals surface area contributed by atoms with Crippen LogP contribution in [0.2, 0.25) is 0 Å². The van der Waals surface area contributed by atoms with E-state index in [1.807, 2.05) is 5.73 Å². The maximum Gasteiger partial charge on any atom is 0.323 e. The third kappa shape index (κ3) is 5.75. The Hall–Kier alpha value is -3.68. The first-order valence-electron chi connectivity index (χ1n) is 11.4. The van der Waals surface area contributed by atoms with E-state index in [2.05, 4.69) is 18.9 Å². The molecule has 0 spiro atoms. The monoisotopic (exact) mass is 532 g/mol. The number of hydrogen-bond acceptors (Lipinski definition) is 8. The van der Waals surface area contributed by atoms with Gasteiger partial charge in [0.25, 0.3) is 0 Å². The predicted molar refractivity (Wildman–Crippen MR) is 133 cm³/mol. The Morgan fingerprint density at radius 2 is 1.19 bits per heavy atom. The second-order valence-electron chi connectivity index (χ2n) is 7.25. The smallest absolute Gasteiger partial charge is 0.323 e. The molecule has 0 saturated heterocycles. The van der Waals surface area contributed by atoms with E-state index in [-0.39, 0.29) is 9.79 Å². The summed E-state index contributed by atoms with van der Waals surface area (Å²) in [5.74, 6) is -2.99. The summed E-state index contributed by atoms with van der Waals surface area (Å²) in [5.41, 5.74) is 1.32. The van der Waals surface area contributed by atoms with Crippen LogP contribution in [0.1, 0.15) is 22.0 Å². The normalized spacial score (nSPS) is 12.7. The summed E-state index contributed by atoms with van der Waals surface area (Å²) in [5, 5.41) is 0. The average Bonchev–Trinajstić information content (AvgIpc) is 2.91. The van der Waals surface area contributed by atoms with E-state index in [0.717, 1.165) is 14.2 Å². The summed E-state index contributed by atoms with van der Waals surface area (Å²) in [6, 6.07) is 13.9. The summed E-state index contributed by atoms with van der Waals surface area (Å²) >= 11 is 0. The van der Waals surface area contributed by atoms with E-state index >= 15 is 0 Å². The highest BCUT2D eigenvalue weighted by Gasteiger charge is 2.50. The number of allylic oxidation sites excluding steroid dienone is 2. The fourth-order valence-electron chi connectivity index (χ4n) is 3.28. The van der Waals surface area contributed by atoms with Crippen molar-refractivity contribution in [3.63, 3.8) is 0 Å². The summed E-state index contributed by atoms with van der Waals surface area (Å²) in [7, 11) is -7.18. The van der Waals surface area contributed by atoms with Gasteiger partial charge in [-0.15, -0.1) is 11.5 Å². The molecular formula is C26H26O8S2. The van der Waals surface area contributed by atoms with Crippen LogP contribution in [0.15, 0.2) is 105 Å². The maximum absolute atomic E-state index is 13.4. The molecule has 8 nitrogen and oxygen atoms in total. The zero-order valence-corrected chi connectivity index (χ0v) is 21.3. The fourth-order valence-corrected chi connectivity index (χ4v) is 5.89. The highest BCUT2D eigenvalue weighted by Crippen LogP contribution is 2.39. The van der Waals surface area contributed by atoms with Gasteiger partial charge in [0.15, 0.2) is 5.41 Å². The highest BCUT2D eigenvalue weighted by atomic mass is 32.2. The molecule has 2 aromatic carbocycles. The lowest BCUT2D eigenvalue weighted by molar-refractivity contribution is -0.169. The van der Waals surface area contributed by atoms with E-state index in [9.17, 15) is 26.4 Å². The van der Waals surface area contributed by atoms with Crippen molar-refractivity contribution in [3.05, 3.63) is 95.1 Å². The molecule has 0 amide bonds. The number of hydrogen-bond donors (Lipinski definition) is 0. The molecule has 2 aromatic rings. The van der Waals surface area contributed by atoms with E-state index in [1.165, 1.54) is 54.6 Å². The molecule has 0 heterocycles. The number of esters is 2. The molecule has 0 unspecified atom stereocenters. The van der Waals surface area contributed by atoms with Gasteiger partial charge < -0.3 is 9.47 Å². The molecule has 0 fully saturated rings. The molecule has 0 aliphatic carbocycles. The zero-order valence-electron chi connectivity index (χ0n) is 21.7. The van der Waals surface area contributed by atoms with Crippen LogP contribution in [0.5, 0.6) is 0 Å². The second-order valence-corrected chi connectivity index (χ2v) is 11.1. The second kappa shape index (κ2) is 11.8. The van der Waals surface area contributed by atoms with Gasteiger partial charge in [0.1, 0.15) is 0 Å². The maximum atomic E-state index is 13.4. The molecule has 0 radical (unpaired) electrons. The number of carbonyl (C=O) groups excluding carboxylic acids is 2. The molecule has 10 heteroatoms. The topological polar surface area (TPSA) is 121 Å². The van der Waals surface area contributed by atoms with Crippen LogP contribution in [0.25, 0.3) is 0 Å². The SMILES string of the molecule is [2H]C([2H])(C(=C=C)S(=O)(=O)c1ccccc1)C(CCC(=C=C)S(=O)(=O)c1ccccc1)(C(=O)OC)C(=O)OC. The lowest BCUT2D eigenvalue weighted by Crippen LogP contribution is -2.42. The Morgan fingerprint density at radius 3 is 1.56 bits per heavy atom. The number of sulfone groups is 2. The minimum absolute atomic E-state index is 0.130. The molecule has 0 aromatic heterocycles. The van der Waals surface area contributed by atoms with Gasteiger partial charge >= 0.3 is 11.9 Å². The third-order valence-corrected chi connectivity index (χ3v) is 8.75. The first kappa shape index (κ1) is 25.4. The molecule has 36 heavy (non-hydrogen) atoms. The van der Waals surface area contributed by atoms with Gasteiger partial charge in [0.2, 0.25) is 19.7 Å². The molecular weight excluding hydrogens is 504 g/mol. The van der Waals surface area contributed by atoms with Crippen molar-refractivity contribution in [2.75, 3.05) is 14.2 Å². The van der Waals surface area contributed by atoms with Crippen molar-refractivity contribution < 1.29 is 38.6 Å². The Kier molecular flexibility index (Phi) is 8.36. The molecule has 0 saturated carbocycles. The van der Waals surface area contributed by atoms with Gasteiger partial charge in [-0.25, -0.2) is 16.8 Å². The molecule has 190 valence electrons. The van der Waals surface area contributed by atoms with Gasteiger partial charge in [-0.2, -0.15) is 0 Å². The first-order chi connectivity index (χ1) is 17.8. The minimum Gasteiger partial charge on any atom is -0.468 e. The van der Waals surface area contributed by atoms with Crippen molar-refractivity contribution in [1.82, 2.24) is 0 Å². The van der Waals surface area contributed by atoms with Crippen molar-refractivity contribution in [2.24, 2.45) is 5.41 Å². The van der Waals surface area contributed by atoms with E-state index in [1.54, 1.807) is 6.07 Å². The van der Waals surface area contributed by atoms with Crippen LogP contribution in [-0.2, 0) is 38.7 Å². The molecule has 0 atom stereocenters. The van der Waals surface area contributed by atoms with Crippen molar-refractivity contribution in [3.8, 4) is 0 Å². The third-order valence-electron chi connectivity index (χ3n) is 5.18. The summed E-state index contributed by atoms with van der Waals surface area (Å²) in [6.07, 6.45) is -4.91. The van der Waals surface area contributed by atoms with Gasteiger partial charge in [0.05, 0.1) is 33.8 Å². The number of ether oxygens (including phenoxy) is 2. The van der Waals surface area contributed by atoms with Crippen molar-refractivity contribution >= 4 is 31.6 Å². The fraction of sp³-hybridized carbons (Fsp3) is 0.231. The molecule has 0 aliphatic heterocycles. The van der Waals surface area contributed by atoms with E-state index in [4.69, 9.17) is 12.2 Å². The summed E-state index contributed by atoms with van der Waals surface area (Å²) in [4.78, 5) is 24.3. The standard InChI is InChI=1S/C26H26O8S2/c1-5-20(35(29,30)22-13-9-7-10-14-22)17-18-26(24(27)33-3,25(28)34-4)19-21(6-2)36(31,32)23-15-11-8-12-16-23/h7-16H,1-2,17-19H2,3-4H3/i19D2. The van der Waals surface area contributed by atoms with Crippen LogP contribution < -0.4 is 0 Å². The average molecular weight is 533 g/mol. The Balaban J connectivity index is 2.75. The van der Waals surface area contributed by atoms with Crippen LogP contribution in [0.4, 0.5) is 0 Å². The van der Waals surface area contributed by atoms with Gasteiger partial charge in [-0.1, -0.05) is 49.6 Å². The number of rotatable bonds is 11. The van der Waals surface area contributed by atoms with Crippen LogP contribution in [-0.4, -0.2) is 43.0 Å². The highest BCUT2D eigenvalue weighted by molar-refractivity contribution is 7.95. The van der Waals surface area contributed by atoms with Crippen molar-refractivity contribution in [2.45, 2.75) is 29.0 Å². The van der Waals surface area contributed by atoms with Crippen LogP contribution >= 0.6 is 0 Å². The Labute approximate surface area is 213 Å². The van der Waals surface area contributed by atoms with Gasteiger partial charge in [0, 0.05) is 9.11 Å². The first-order valence-corrected chi connectivity index (χ1v) is 13.3. The van der Waals surface area contributed by atoms with Crippen LogP contribution in [0.3, 0.4) is 0 Å². The lowest BCUT2D eigenvalue weighted by Gasteiger charge is -2.28. The van der Waals surface area contributed by atoms with Gasteiger partial charge in [-0.3, -0.25) is 9.59 Å². The summed E-state index contributed by atoms with van der Waals surface area (Å²) < 4.78 is 80.3. The minimum atomic E-state index is -4.69. The molecule has 2 rings (SSSR count). The number of methoxy groups -OCH3 is 2. The quantitative estimate of drug-likeness (QED) is 0.244. The van der Waals surface area contributed by atoms with E-state index < -0.39 is 66.1 Å². The zero-order chi connectivity index (χ0) is 28.8. The van der Waals surface area contributed by atoms with E-state index in [0.29, 0.717) is 0 Å². The largest absolute Gasteiger partial charge is 0.468 e. The van der Waals surface area contributed by atoms with Crippen molar-refractivity contribution in [1.29, 1.82) is 0 Å².